The van der Waals surface area contributed by atoms with Crippen molar-refractivity contribution in [2.75, 3.05) is 14.2 Å². The molecular formula is C19H18N2O3. The molecule has 0 bridgehead atoms. The number of aromatic nitrogens is 1. The van der Waals surface area contributed by atoms with Crippen LogP contribution in [-0.2, 0) is 0 Å². The predicted molar refractivity (Wildman–Crippen MR) is 91.5 cm³/mol. The van der Waals surface area contributed by atoms with Crippen LogP contribution in [0.3, 0.4) is 0 Å². The Morgan fingerprint density at radius 2 is 1.88 bits per heavy atom. The summed E-state index contributed by atoms with van der Waals surface area (Å²) in [6, 6.07) is 15.0. The molecule has 5 heteroatoms. The minimum absolute atomic E-state index is 0.153. The van der Waals surface area contributed by atoms with E-state index < -0.39 is 0 Å². The highest BCUT2D eigenvalue weighted by molar-refractivity contribution is 5.87. The number of hydrogen-bond donors (Lipinski definition) is 1. The zero-order chi connectivity index (χ0) is 17.1. The maximum absolute atomic E-state index is 10.6. The number of aromatic hydroxyl groups is 1. The molecule has 1 heterocycles. The molecular weight excluding hydrogens is 304 g/mol. The van der Waals surface area contributed by atoms with Crippen molar-refractivity contribution >= 4 is 10.8 Å². The van der Waals surface area contributed by atoms with E-state index in [0.29, 0.717) is 11.5 Å². The molecule has 0 aliphatic rings. The Morgan fingerprint density at radius 3 is 2.54 bits per heavy atom. The first-order chi connectivity index (χ1) is 11.7. The molecule has 0 spiro atoms. The maximum Gasteiger partial charge on any atom is 0.199 e. The van der Waals surface area contributed by atoms with Gasteiger partial charge >= 0.3 is 0 Å². The van der Waals surface area contributed by atoms with Gasteiger partial charge in [0.25, 0.3) is 0 Å². The molecule has 1 unspecified atom stereocenters. The zero-order valence-electron chi connectivity index (χ0n) is 13.6. The van der Waals surface area contributed by atoms with Gasteiger partial charge in [0.15, 0.2) is 17.4 Å². The fraction of sp³-hybridized carbons (Fsp3) is 0.211. The minimum atomic E-state index is -0.317. The smallest absolute Gasteiger partial charge is 0.199 e. The van der Waals surface area contributed by atoms with E-state index in [-0.39, 0.29) is 18.3 Å². The third-order valence-corrected chi connectivity index (χ3v) is 4.14. The number of fused-ring (bicyclic) bond motifs is 1. The Bertz CT molecular complexity index is 909. The molecule has 24 heavy (non-hydrogen) atoms. The van der Waals surface area contributed by atoms with Crippen molar-refractivity contribution in [1.29, 1.82) is 5.26 Å². The van der Waals surface area contributed by atoms with Gasteiger partial charge in [0.1, 0.15) is 0 Å². The standard InChI is InChI=1S/C19H18N2O3/c1-23-17-8-7-13(11-18(17)24-2)16(9-10-20)21-12-14-5-3-4-6-15(14)19(21)22/h3-8,11-12,16,22H,9H2,1-2H3. The molecule has 3 aromatic rings. The average molecular weight is 322 g/mol. The predicted octanol–water partition coefficient (Wildman–Crippen LogP) is 3.87. The van der Waals surface area contributed by atoms with Crippen LogP contribution in [0.25, 0.3) is 10.8 Å². The Balaban J connectivity index is 2.13. The molecule has 1 atom stereocenters. The molecule has 122 valence electrons. The maximum atomic E-state index is 10.6. The molecule has 0 aliphatic carbocycles. The summed E-state index contributed by atoms with van der Waals surface area (Å²) in [6.45, 7) is 0. The number of hydrogen-bond acceptors (Lipinski definition) is 4. The molecule has 2 aromatic carbocycles. The van der Waals surface area contributed by atoms with Crippen molar-refractivity contribution in [1.82, 2.24) is 4.57 Å². The molecule has 0 aliphatic heterocycles. The molecule has 3 rings (SSSR count). The largest absolute Gasteiger partial charge is 0.494 e. The van der Waals surface area contributed by atoms with Gasteiger partial charge in [0.2, 0.25) is 0 Å². The van der Waals surface area contributed by atoms with E-state index in [1.807, 2.05) is 42.6 Å². The number of methoxy groups -OCH3 is 2. The van der Waals surface area contributed by atoms with Gasteiger partial charge in [-0.15, -0.1) is 0 Å². The Labute approximate surface area is 140 Å². The van der Waals surface area contributed by atoms with E-state index in [2.05, 4.69) is 6.07 Å². The fourth-order valence-electron chi connectivity index (χ4n) is 2.92. The van der Waals surface area contributed by atoms with Gasteiger partial charge in [-0.3, -0.25) is 0 Å². The summed E-state index contributed by atoms with van der Waals surface area (Å²) in [7, 11) is 3.15. The number of nitriles is 1. The molecule has 0 radical (unpaired) electrons. The van der Waals surface area contributed by atoms with Crippen LogP contribution in [-0.4, -0.2) is 23.9 Å². The van der Waals surface area contributed by atoms with Gasteiger partial charge in [-0.1, -0.05) is 24.3 Å². The Hall–Kier alpha value is -3.13. The van der Waals surface area contributed by atoms with Crippen LogP contribution in [0.5, 0.6) is 17.4 Å². The van der Waals surface area contributed by atoms with Crippen LogP contribution in [0.1, 0.15) is 18.0 Å². The highest BCUT2D eigenvalue weighted by Gasteiger charge is 2.20. The first kappa shape index (κ1) is 15.8. The van der Waals surface area contributed by atoms with Crippen LogP contribution in [0.15, 0.2) is 48.7 Å². The van der Waals surface area contributed by atoms with Crippen LogP contribution >= 0.6 is 0 Å². The van der Waals surface area contributed by atoms with Gasteiger partial charge in [-0.2, -0.15) is 5.26 Å². The third kappa shape index (κ3) is 2.63. The van der Waals surface area contributed by atoms with Gasteiger partial charge in [0.05, 0.1) is 32.8 Å². The van der Waals surface area contributed by atoms with E-state index in [9.17, 15) is 10.4 Å². The third-order valence-electron chi connectivity index (χ3n) is 4.14. The highest BCUT2D eigenvalue weighted by atomic mass is 16.5. The average Bonchev–Trinajstić information content (AvgIpc) is 2.96. The van der Waals surface area contributed by atoms with Crippen molar-refractivity contribution in [3.63, 3.8) is 0 Å². The lowest BCUT2D eigenvalue weighted by molar-refractivity contribution is 0.353. The van der Waals surface area contributed by atoms with E-state index in [4.69, 9.17) is 9.47 Å². The molecule has 1 aromatic heterocycles. The summed E-state index contributed by atoms with van der Waals surface area (Å²) in [5.74, 6) is 1.37. The summed E-state index contributed by atoms with van der Waals surface area (Å²) in [4.78, 5) is 0. The summed E-state index contributed by atoms with van der Waals surface area (Å²) in [5, 5.41) is 21.5. The highest BCUT2D eigenvalue weighted by Crippen LogP contribution is 2.37. The van der Waals surface area contributed by atoms with Gasteiger partial charge in [-0.05, 0) is 23.8 Å². The zero-order valence-corrected chi connectivity index (χ0v) is 13.6. The first-order valence-corrected chi connectivity index (χ1v) is 7.57. The molecule has 0 amide bonds. The molecule has 0 saturated carbocycles. The summed E-state index contributed by atoms with van der Waals surface area (Å²) in [6.07, 6.45) is 2.09. The van der Waals surface area contributed by atoms with Crippen molar-refractivity contribution in [3.05, 3.63) is 54.2 Å². The van der Waals surface area contributed by atoms with E-state index in [1.54, 1.807) is 24.9 Å². The lowest BCUT2D eigenvalue weighted by Crippen LogP contribution is -2.09. The molecule has 0 saturated heterocycles. The summed E-state index contributed by atoms with van der Waals surface area (Å²) < 4.78 is 12.3. The SMILES string of the molecule is COc1ccc(C(CC#N)n2cc3ccccc3c2O)cc1OC. The second-order valence-corrected chi connectivity index (χ2v) is 5.44. The van der Waals surface area contributed by atoms with Gasteiger partial charge in [0, 0.05) is 17.0 Å². The second kappa shape index (κ2) is 6.55. The quantitative estimate of drug-likeness (QED) is 0.774. The molecule has 1 N–H and O–H groups in total. The van der Waals surface area contributed by atoms with E-state index in [0.717, 1.165) is 16.3 Å². The lowest BCUT2D eigenvalue weighted by Gasteiger charge is -2.19. The normalized spacial score (nSPS) is 11.9. The van der Waals surface area contributed by atoms with Crippen molar-refractivity contribution in [2.24, 2.45) is 0 Å². The van der Waals surface area contributed by atoms with Gasteiger partial charge in [-0.25, -0.2) is 0 Å². The molecule has 0 fully saturated rings. The summed E-state index contributed by atoms with van der Waals surface area (Å²) in [5.41, 5.74) is 0.866. The van der Waals surface area contributed by atoms with E-state index >= 15 is 0 Å². The van der Waals surface area contributed by atoms with E-state index in [1.165, 1.54) is 0 Å². The monoisotopic (exact) mass is 322 g/mol. The second-order valence-electron chi connectivity index (χ2n) is 5.44. The van der Waals surface area contributed by atoms with Crippen LogP contribution < -0.4 is 9.47 Å². The van der Waals surface area contributed by atoms with Crippen LogP contribution in [0, 0.1) is 11.3 Å². The van der Waals surface area contributed by atoms with Gasteiger partial charge < -0.3 is 19.1 Å². The lowest BCUT2D eigenvalue weighted by atomic mass is 10.0. The number of nitrogens with zero attached hydrogens (tertiary/aromatic N) is 2. The topological polar surface area (TPSA) is 67.4 Å². The van der Waals surface area contributed by atoms with Crippen molar-refractivity contribution < 1.29 is 14.6 Å². The number of benzene rings is 2. The minimum Gasteiger partial charge on any atom is -0.494 e. The Kier molecular flexibility index (Phi) is 4.30. The van der Waals surface area contributed by atoms with Crippen LogP contribution in [0.4, 0.5) is 0 Å². The van der Waals surface area contributed by atoms with Crippen LogP contribution in [0.2, 0.25) is 0 Å². The fourth-order valence-corrected chi connectivity index (χ4v) is 2.92. The van der Waals surface area contributed by atoms with Crippen molar-refractivity contribution in [2.45, 2.75) is 12.5 Å². The Morgan fingerprint density at radius 1 is 1.12 bits per heavy atom. The molecule has 5 nitrogen and oxygen atoms in total. The van der Waals surface area contributed by atoms with Crippen molar-refractivity contribution in [3.8, 4) is 23.4 Å². The number of rotatable bonds is 5. The number of ether oxygens (including phenoxy) is 2. The first-order valence-electron chi connectivity index (χ1n) is 7.57. The summed E-state index contributed by atoms with van der Waals surface area (Å²) >= 11 is 0.